The van der Waals surface area contributed by atoms with E-state index in [0.29, 0.717) is 56.0 Å². The second kappa shape index (κ2) is 31.5. The molecular weight excluding hydrogens is 1310 g/mol. The van der Waals surface area contributed by atoms with E-state index in [1.807, 2.05) is 85.2 Å². The first-order valence-electron chi connectivity index (χ1n) is 36.0. The van der Waals surface area contributed by atoms with Gasteiger partial charge in [0.1, 0.15) is 46.3 Å². The summed E-state index contributed by atoms with van der Waals surface area (Å²) in [5.74, 6) is -0.914. The Kier molecular flexibility index (Phi) is 23.7. The van der Waals surface area contributed by atoms with Crippen molar-refractivity contribution in [2.45, 2.75) is 208 Å². The quantitative estimate of drug-likeness (QED) is 0.0319. The van der Waals surface area contributed by atoms with Gasteiger partial charge in [-0.3, -0.25) is 19.2 Å². The number of hydrogen-bond donors (Lipinski definition) is 10. The highest BCUT2D eigenvalue weighted by Crippen LogP contribution is 2.44. The number of fused-ring (bicyclic) bond motifs is 10. The van der Waals surface area contributed by atoms with Gasteiger partial charge >= 0.3 is 12.2 Å². The Hall–Kier alpha value is -9.98. The number of benzene rings is 6. The summed E-state index contributed by atoms with van der Waals surface area (Å²) in [5.41, 5.74) is 9.28. The Bertz CT molecular complexity index is 4100. The maximum atomic E-state index is 14.1. The van der Waals surface area contributed by atoms with Gasteiger partial charge in [-0.25, -0.2) is 9.59 Å². The Morgan fingerprint density at radius 3 is 0.971 bits per heavy atom. The van der Waals surface area contributed by atoms with Crippen molar-refractivity contribution < 1.29 is 57.9 Å². The SMILES string of the molecule is CC(C)(C)OC(=O)N[C@@H](Cc1c[nH]c2ccccc12)C(=O)NCCNC(=O)COc1c2cc(C(C)(C)C)cc1Cc1cc(C(C)(C)C)cc(c1O)Cc1cc(C(C)(C)C)cc(c1OCC(=O)NCCNC(=O)[C@H](Cc1c[nH]c3ccccc13)NC(=O)OC(C)(C)C)Cc1cc(C(C)(C)C)cc(c1O)C2. The number of nitrogens with one attached hydrogen (secondary N) is 8. The molecule has 1 aliphatic carbocycles. The van der Waals surface area contributed by atoms with Crippen LogP contribution in [0.15, 0.2) is 109 Å². The highest BCUT2D eigenvalue weighted by molar-refractivity contribution is 5.90. The first-order chi connectivity index (χ1) is 48.6. The van der Waals surface area contributed by atoms with Crippen LogP contribution < -0.4 is 41.4 Å². The molecule has 9 rings (SSSR count). The number of para-hydroxylation sites is 2. The molecule has 0 aliphatic heterocycles. The Balaban J connectivity index is 1.01. The molecule has 0 unspecified atom stereocenters. The standard InChI is InChI=1S/C84H108N8O12/c1-79(2,3)59-35-49-31-53-39-61(81(7,8)9)41-55(73(53)101-47-69(93)85-27-29-87-75(97)67(91-77(99)103-83(13,14)15)43-57-45-89-65-25-21-19-23-63(57)65)33-51-37-60(80(4,5)6)38-52(72(51)96)34-56-42-62(82(10,11)12)40-54(32-50(36-59)71(49)95)74(56)102-48-70(94)86-28-30-88-76(98)68(92-78(100)104-84(16,17)18)44-58-46-90-66-26-22-20-24-64(58)66/h19-26,35-42,45-46,67-68,89-90,95-96H,27-34,43-44,47-48H2,1-18H3,(H,85,93)(H,86,94)(H,87,97)(H,88,98)(H,91,99)(H,92,100)/t67-,68-/m0/s1. The van der Waals surface area contributed by atoms with Crippen LogP contribution in [0, 0.1) is 0 Å². The number of hydrogen-bond acceptors (Lipinski definition) is 12. The van der Waals surface area contributed by atoms with Gasteiger partial charge in [0.15, 0.2) is 13.2 Å². The fourth-order valence-corrected chi connectivity index (χ4v) is 12.8. The van der Waals surface area contributed by atoms with Crippen LogP contribution in [-0.2, 0) is 88.8 Å². The van der Waals surface area contributed by atoms with Crippen LogP contribution in [0.25, 0.3) is 21.8 Å². The van der Waals surface area contributed by atoms with E-state index in [1.54, 1.807) is 41.5 Å². The molecule has 8 aromatic rings. The van der Waals surface area contributed by atoms with E-state index in [9.17, 15) is 39.0 Å². The lowest BCUT2D eigenvalue weighted by atomic mass is 9.79. The summed E-state index contributed by atoms with van der Waals surface area (Å²) >= 11 is 0. The van der Waals surface area contributed by atoms with Crippen molar-refractivity contribution in [2.75, 3.05) is 39.4 Å². The number of alkyl carbamates (subject to hydrolysis) is 2. The number of carbonyl (C=O) groups is 6. The highest BCUT2D eigenvalue weighted by Gasteiger charge is 2.32. The minimum atomic E-state index is -1.01. The summed E-state index contributed by atoms with van der Waals surface area (Å²) in [6, 6.07) is 29.8. The lowest BCUT2D eigenvalue weighted by molar-refractivity contribution is -0.124. The zero-order valence-electron chi connectivity index (χ0n) is 64.0. The van der Waals surface area contributed by atoms with E-state index in [4.69, 9.17) is 18.9 Å². The average molecular weight is 1420 g/mol. The highest BCUT2D eigenvalue weighted by atomic mass is 16.6. The van der Waals surface area contributed by atoms with E-state index in [-0.39, 0.29) is 76.2 Å². The number of aromatic amines is 2. The Morgan fingerprint density at radius 2 is 0.683 bits per heavy atom. The van der Waals surface area contributed by atoms with Crippen molar-refractivity contribution in [3.8, 4) is 23.0 Å². The number of amides is 6. The number of rotatable bonds is 20. The lowest BCUT2D eigenvalue weighted by Crippen LogP contribution is -2.50. The van der Waals surface area contributed by atoms with E-state index >= 15 is 0 Å². The van der Waals surface area contributed by atoms with Gasteiger partial charge in [0.2, 0.25) is 11.8 Å². The molecule has 20 nitrogen and oxygen atoms in total. The van der Waals surface area contributed by atoms with Crippen LogP contribution >= 0.6 is 0 Å². The van der Waals surface area contributed by atoms with Gasteiger partial charge in [0, 0.05) is 98.9 Å². The third kappa shape index (κ3) is 20.7. The number of aromatic hydroxyl groups is 2. The molecule has 0 saturated heterocycles. The van der Waals surface area contributed by atoms with Gasteiger partial charge in [-0.1, -0.05) is 168 Å². The molecule has 6 amide bonds. The van der Waals surface area contributed by atoms with Crippen LogP contribution in [0.4, 0.5) is 9.59 Å². The number of aromatic nitrogens is 2. The number of carbonyl (C=O) groups excluding carboxylic acids is 6. The predicted octanol–water partition coefficient (Wildman–Crippen LogP) is 13.4. The molecule has 2 atom stereocenters. The fourth-order valence-electron chi connectivity index (χ4n) is 12.8. The normalized spacial score (nSPS) is 13.5. The third-order valence-electron chi connectivity index (χ3n) is 18.4. The predicted molar refractivity (Wildman–Crippen MR) is 408 cm³/mol. The summed E-state index contributed by atoms with van der Waals surface area (Å²) in [6.07, 6.45) is 3.16. The zero-order valence-corrected chi connectivity index (χ0v) is 64.0. The molecule has 2 heterocycles. The third-order valence-corrected chi connectivity index (χ3v) is 18.4. The molecule has 2 aromatic heterocycles. The lowest BCUT2D eigenvalue weighted by Gasteiger charge is -2.28. The number of phenolic OH excluding ortho intramolecular Hbond substituents is 2. The molecule has 6 aromatic carbocycles. The summed E-state index contributed by atoms with van der Waals surface area (Å²) in [4.78, 5) is 88.8. The van der Waals surface area contributed by atoms with E-state index in [1.165, 1.54) is 0 Å². The average Bonchev–Trinajstić information content (AvgIpc) is 0.975. The van der Waals surface area contributed by atoms with Gasteiger partial charge in [-0.2, -0.15) is 0 Å². The van der Waals surface area contributed by atoms with Crippen LogP contribution in [0.2, 0.25) is 0 Å². The Labute approximate surface area is 612 Å². The molecule has 10 N–H and O–H groups in total. The van der Waals surface area contributed by atoms with Crippen molar-refractivity contribution >= 4 is 57.6 Å². The van der Waals surface area contributed by atoms with Crippen LogP contribution in [0.3, 0.4) is 0 Å². The van der Waals surface area contributed by atoms with Crippen molar-refractivity contribution in [1.29, 1.82) is 0 Å². The number of H-pyrrole nitrogens is 2. The maximum absolute atomic E-state index is 14.1. The van der Waals surface area contributed by atoms with Crippen molar-refractivity contribution in [3.05, 3.63) is 187 Å². The van der Waals surface area contributed by atoms with Gasteiger partial charge < -0.3 is 71.0 Å². The van der Waals surface area contributed by atoms with Gasteiger partial charge in [-0.05, 0) is 153 Å². The molecule has 0 saturated carbocycles. The molecule has 0 fully saturated rings. The maximum Gasteiger partial charge on any atom is 0.408 e. The van der Waals surface area contributed by atoms with Crippen molar-refractivity contribution in [3.63, 3.8) is 0 Å². The molecule has 0 spiro atoms. The summed E-state index contributed by atoms with van der Waals surface area (Å²) < 4.78 is 24.7. The van der Waals surface area contributed by atoms with Crippen molar-refractivity contribution in [1.82, 2.24) is 41.9 Å². The van der Waals surface area contributed by atoms with Crippen LogP contribution in [0.1, 0.15) is 203 Å². The molecule has 0 radical (unpaired) electrons. The van der Waals surface area contributed by atoms with Crippen molar-refractivity contribution in [2.24, 2.45) is 0 Å². The van der Waals surface area contributed by atoms with Crippen LogP contribution in [-0.4, -0.2) is 119 Å². The molecule has 8 bridgehead atoms. The summed E-state index contributed by atoms with van der Waals surface area (Å²) in [6.45, 7) is 35.2. The fraction of sp³-hybridized carbons (Fsp3) is 0.452. The smallest absolute Gasteiger partial charge is 0.408 e. The molecular formula is C84H108N8O12. The first-order valence-corrected chi connectivity index (χ1v) is 36.0. The second-order valence-electron chi connectivity index (χ2n) is 33.6. The van der Waals surface area contributed by atoms with E-state index < -0.39 is 94.0 Å². The molecule has 1 aliphatic rings. The first kappa shape index (κ1) is 78.2. The number of ether oxygens (including phenoxy) is 4. The topological polar surface area (TPSA) is 284 Å². The molecule has 104 heavy (non-hydrogen) atoms. The summed E-state index contributed by atoms with van der Waals surface area (Å²) in [5, 5.41) is 44.8. The zero-order chi connectivity index (χ0) is 76.0. The van der Waals surface area contributed by atoms with Gasteiger partial charge in [0.05, 0.1) is 0 Å². The minimum absolute atomic E-state index is 0.0285. The minimum Gasteiger partial charge on any atom is -0.507 e. The second-order valence-corrected chi connectivity index (χ2v) is 33.6. The van der Waals surface area contributed by atoms with Gasteiger partial charge in [-0.15, -0.1) is 0 Å². The van der Waals surface area contributed by atoms with Crippen LogP contribution in [0.5, 0.6) is 23.0 Å². The Morgan fingerprint density at radius 1 is 0.404 bits per heavy atom. The van der Waals surface area contributed by atoms with E-state index in [0.717, 1.165) is 55.2 Å². The number of phenols is 2. The summed E-state index contributed by atoms with van der Waals surface area (Å²) in [7, 11) is 0. The molecule has 556 valence electrons. The van der Waals surface area contributed by atoms with E-state index in [2.05, 4.69) is 149 Å². The largest absolute Gasteiger partial charge is 0.507 e. The van der Waals surface area contributed by atoms with Gasteiger partial charge in [0.25, 0.3) is 11.8 Å². The monoisotopic (exact) mass is 1420 g/mol. The molecule has 20 heteroatoms.